The molecular formula is C19H16ClN5OS. The van der Waals surface area contributed by atoms with Crippen LogP contribution in [0.4, 0.5) is 10.9 Å². The first kappa shape index (κ1) is 17.5. The van der Waals surface area contributed by atoms with Gasteiger partial charge < -0.3 is 10.1 Å². The van der Waals surface area contributed by atoms with Gasteiger partial charge in [0.1, 0.15) is 21.6 Å². The van der Waals surface area contributed by atoms with Gasteiger partial charge in [0.2, 0.25) is 0 Å². The zero-order valence-electron chi connectivity index (χ0n) is 14.5. The third kappa shape index (κ3) is 4.10. The Kier molecular flexibility index (Phi) is 5.04. The Hall–Kier alpha value is -2.90. The summed E-state index contributed by atoms with van der Waals surface area (Å²) in [6, 6.07) is 13.6. The number of rotatable bonds is 6. The molecule has 0 spiro atoms. The molecule has 0 aliphatic rings. The highest BCUT2D eigenvalue weighted by molar-refractivity contribution is 7.20. The number of thiazole rings is 1. The van der Waals surface area contributed by atoms with Crippen molar-refractivity contribution in [3.05, 3.63) is 71.0 Å². The highest BCUT2D eigenvalue weighted by Gasteiger charge is 2.14. The number of nitrogens with zero attached hydrogens (tertiary/aromatic N) is 4. The Balaban J connectivity index is 1.50. The molecule has 0 bridgehead atoms. The summed E-state index contributed by atoms with van der Waals surface area (Å²) in [5.41, 5.74) is 2.72. The molecule has 4 rings (SSSR count). The monoisotopic (exact) mass is 397 g/mol. The Bertz CT molecular complexity index is 1030. The molecular weight excluding hydrogens is 382 g/mol. The summed E-state index contributed by atoms with van der Waals surface area (Å²) >= 11 is 7.77. The molecule has 136 valence electrons. The molecule has 0 aliphatic heterocycles. The number of benzene rings is 1. The van der Waals surface area contributed by atoms with Crippen molar-refractivity contribution in [3.63, 3.8) is 0 Å². The van der Waals surface area contributed by atoms with E-state index in [1.807, 2.05) is 53.3 Å². The van der Waals surface area contributed by atoms with Gasteiger partial charge in [-0.2, -0.15) is 5.10 Å². The average molecular weight is 398 g/mol. The van der Waals surface area contributed by atoms with Crippen LogP contribution in [0.5, 0.6) is 5.75 Å². The van der Waals surface area contributed by atoms with Crippen LogP contribution in [-0.2, 0) is 6.54 Å². The van der Waals surface area contributed by atoms with Crippen LogP contribution in [-0.4, -0.2) is 26.9 Å². The molecule has 8 heteroatoms. The molecule has 3 heterocycles. The minimum absolute atomic E-state index is 0.609. The first-order valence-electron chi connectivity index (χ1n) is 8.21. The lowest BCUT2D eigenvalue weighted by Gasteiger charge is -2.03. The van der Waals surface area contributed by atoms with E-state index >= 15 is 0 Å². The van der Waals surface area contributed by atoms with Crippen LogP contribution in [0.2, 0.25) is 4.34 Å². The van der Waals surface area contributed by atoms with E-state index in [1.165, 1.54) is 11.3 Å². The van der Waals surface area contributed by atoms with Gasteiger partial charge in [0, 0.05) is 18.0 Å². The molecule has 0 atom stereocenters. The lowest BCUT2D eigenvalue weighted by Crippen LogP contribution is -1.99. The number of nitrogens with one attached hydrogen (secondary N) is 1. The lowest BCUT2D eigenvalue weighted by atomic mass is 10.2. The van der Waals surface area contributed by atoms with Gasteiger partial charge in [-0.05, 0) is 29.8 Å². The molecule has 1 aromatic carbocycles. The fraction of sp³-hybridized carbons (Fsp3) is 0.105. The van der Waals surface area contributed by atoms with E-state index in [0.29, 0.717) is 21.7 Å². The summed E-state index contributed by atoms with van der Waals surface area (Å²) in [5, 5.41) is 8.28. The number of hydrogen-bond donors (Lipinski definition) is 1. The van der Waals surface area contributed by atoms with Gasteiger partial charge in [0.25, 0.3) is 0 Å². The first-order valence-corrected chi connectivity index (χ1v) is 9.41. The molecule has 0 aliphatic carbocycles. The summed E-state index contributed by atoms with van der Waals surface area (Å²) in [7, 11) is 1.66. The van der Waals surface area contributed by atoms with Gasteiger partial charge in [-0.15, -0.1) is 0 Å². The van der Waals surface area contributed by atoms with E-state index in [9.17, 15) is 0 Å². The van der Waals surface area contributed by atoms with Crippen molar-refractivity contribution in [2.75, 3.05) is 12.4 Å². The highest BCUT2D eigenvalue weighted by Crippen LogP contribution is 2.36. The molecule has 3 aromatic heterocycles. The summed E-state index contributed by atoms with van der Waals surface area (Å²) in [4.78, 5) is 8.82. The van der Waals surface area contributed by atoms with Crippen LogP contribution in [0.15, 0.2) is 61.1 Å². The largest absolute Gasteiger partial charge is 0.497 e. The van der Waals surface area contributed by atoms with Crippen LogP contribution < -0.4 is 10.1 Å². The number of aromatic nitrogens is 4. The average Bonchev–Trinajstić information content (AvgIpc) is 3.29. The molecule has 27 heavy (non-hydrogen) atoms. The van der Waals surface area contributed by atoms with Crippen molar-refractivity contribution in [2.24, 2.45) is 0 Å². The SMILES string of the molecule is COc1ccc(Cn2cc(-c3nc(Nc4ccccn4)sc3Cl)cn2)cc1. The molecule has 1 N–H and O–H groups in total. The number of pyridine rings is 1. The van der Waals surface area contributed by atoms with Crippen LogP contribution in [0.25, 0.3) is 11.3 Å². The number of halogens is 1. The van der Waals surface area contributed by atoms with E-state index in [1.54, 1.807) is 19.5 Å². The van der Waals surface area contributed by atoms with Crippen molar-refractivity contribution in [1.29, 1.82) is 0 Å². The maximum Gasteiger partial charge on any atom is 0.190 e. The lowest BCUT2D eigenvalue weighted by molar-refractivity contribution is 0.414. The molecule has 0 saturated heterocycles. The van der Waals surface area contributed by atoms with Crippen molar-refractivity contribution in [1.82, 2.24) is 19.7 Å². The number of hydrogen-bond acceptors (Lipinski definition) is 6. The summed E-state index contributed by atoms with van der Waals surface area (Å²) in [5.74, 6) is 1.56. The Labute approximate surface area is 165 Å². The van der Waals surface area contributed by atoms with Crippen molar-refractivity contribution >= 4 is 33.9 Å². The number of anilines is 2. The Morgan fingerprint density at radius 3 is 2.78 bits per heavy atom. The first-order chi connectivity index (χ1) is 13.2. The van der Waals surface area contributed by atoms with Gasteiger partial charge in [-0.3, -0.25) is 4.68 Å². The quantitative estimate of drug-likeness (QED) is 0.503. The van der Waals surface area contributed by atoms with Crippen LogP contribution in [0.3, 0.4) is 0 Å². The van der Waals surface area contributed by atoms with Crippen molar-refractivity contribution in [3.8, 4) is 17.0 Å². The van der Waals surface area contributed by atoms with E-state index in [0.717, 1.165) is 22.7 Å². The standard InChI is InChI=1S/C19H16ClN5OS/c1-26-15-7-5-13(6-8-15)11-25-12-14(10-22-25)17-18(20)27-19(24-17)23-16-4-2-3-9-21-16/h2-10,12H,11H2,1H3,(H,21,23,24). The zero-order valence-corrected chi connectivity index (χ0v) is 16.0. The maximum absolute atomic E-state index is 6.39. The third-order valence-corrected chi connectivity index (χ3v) is 5.07. The molecule has 6 nitrogen and oxygen atoms in total. The van der Waals surface area contributed by atoms with Crippen LogP contribution in [0, 0.1) is 0 Å². The molecule has 0 amide bonds. The van der Waals surface area contributed by atoms with Crippen LogP contribution in [0.1, 0.15) is 5.56 Å². The van der Waals surface area contributed by atoms with E-state index < -0.39 is 0 Å². The van der Waals surface area contributed by atoms with Gasteiger partial charge in [0.05, 0.1) is 19.9 Å². The Morgan fingerprint density at radius 2 is 2.04 bits per heavy atom. The fourth-order valence-corrected chi connectivity index (χ4v) is 3.66. The molecule has 0 unspecified atom stereocenters. The smallest absolute Gasteiger partial charge is 0.190 e. The zero-order chi connectivity index (χ0) is 18.6. The number of methoxy groups -OCH3 is 1. The van der Waals surface area contributed by atoms with Gasteiger partial charge in [0.15, 0.2) is 5.13 Å². The topological polar surface area (TPSA) is 64.9 Å². The van der Waals surface area contributed by atoms with E-state index in [2.05, 4.69) is 20.4 Å². The summed E-state index contributed by atoms with van der Waals surface area (Å²) in [6.07, 6.45) is 5.44. The number of ether oxygens (including phenoxy) is 1. The maximum atomic E-state index is 6.39. The molecule has 4 aromatic rings. The van der Waals surface area contributed by atoms with Crippen molar-refractivity contribution in [2.45, 2.75) is 6.54 Å². The predicted octanol–water partition coefficient (Wildman–Crippen LogP) is 4.86. The Morgan fingerprint density at radius 1 is 1.19 bits per heavy atom. The second kappa shape index (κ2) is 7.77. The summed E-state index contributed by atoms with van der Waals surface area (Å²) in [6.45, 7) is 0.658. The molecule has 0 radical (unpaired) electrons. The molecule has 0 fully saturated rings. The van der Waals surface area contributed by atoms with Gasteiger partial charge in [-0.25, -0.2) is 9.97 Å². The minimum Gasteiger partial charge on any atom is -0.497 e. The van der Waals surface area contributed by atoms with Crippen LogP contribution >= 0.6 is 22.9 Å². The normalized spacial score (nSPS) is 10.7. The van der Waals surface area contributed by atoms with E-state index in [4.69, 9.17) is 16.3 Å². The second-order valence-electron chi connectivity index (χ2n) is 5.76. The fourth-order valence-electron chi connectivity index (χ4n) is 2.57. The summed E-state index contributed by atoms with van der Waals surface area (Å²) < 4.78 is 7.65. The van der Waals surface area contributed by atoms with Gasteiger partial charge >= 0.3 is 0 Å². The molecule has 0 saturated carbocycles. The predicted molar refractivity (Wildman–Crippen MR) is 108 cm³/mol. The van der Waals surface area contributed by atoms with Gasteiger partial charge in [-0.1, -0.05) is 41.1 Å². The minimum atomic E-state index is 0.609. The van der Waals surface area contributed by atoms with Crippen molar-refractivity contribution < 1.29 is 4.74 Å². The third-order valence-electron chi connectivity index (χ3n) is 3.90. The van der Waals surface area contributed by atoms with E-state index in [-0.39, 0.29) is 0 Å². The highest BCUT2D eigenvalue weighted by atomic mass is 35.5. The second-order valence-corrected chi connectivity index (χ2v) is 7.36.